The van der Waals surface area contributed by atoms with Gasteiger partial charge >= 0.3 is 5.97 Å². The number of imidazole rings is 1. The van der Waals surface area contributed by atoms with Gasteiger partial charge in [-0.15, -0.1) is 5.10 Å². The number of carbonyl (C=O) groups excluding carboxylic acids is 1. The van der Waals surface area contributed by atoms with Gasteiger partial charge in [0.05, 0.1) is 17.0 Å². The SMILES string of the molecule is O=C(OCc1cn2cc(Cl)ccc2n1)C(=Cc1ccco1)n1nnnc1-c1ccccc1. The van der Waals surface area contributed by atoms with E-state index >= 15 is 0 Å². The van der Waals surface area contributed by atoms with Gasteiger partial charge in [0.1, 0.15) is 18.0 Å². The molecule has 0 atom stereocenters. The molecular weight excluding hydrogens is 432 g/mol. The molecule has 1 aromatic carbocycles. The largest absolute Gasteiger partial charge is 0.465 e. The van der Waals surface area contributed by atoms with Crippen LogP contribution in [0.25, 0.3) is 28.8 Å². The summed E-state index contributed by atoms with van der Waals surface area (Å²) < 4.78 is 14.0. The van der Waals surface area contributed by atoms with E-state index in [1.165, 1.54) is 17.0 Å². The lowest BCUT2D eigenvalue weighted by Crippen LogP contribution is -2.15. The number of tetrazole rings is 1. The Bertz CT molecular complexity index is 1410. The van der Waals surface area contributed by atoms with E-state index < -0.39 is 5.97 Å². The molecule has 0 fully saturated rings. The number of furan rings is 1. The van der Waals surface area contributed by atoms with Crippen LogP contribution in [0.4, 0.5) is 0 Å². The first-order valence-corrected chi connectivity index (χ1v) is 9.95. The maximum atomic E-state index is 13.1. The summed E-state index contributed by atoms with van der Waals surface area (Å²) in [5.41, 5.74) is 2.10. The number of pyridine rings is 1. The smallest absolute Gasteiger partial charge is 0.357 e. The van der Waals surface area contributed by atoms with Gasteiger partial charge in [-0.1, -0.05) is 41.9 Å². The van der Waals surface area contributed by atoms with E-state index in [4.69, 9.17) is 20.8 Å². The molecule has 10 heteroatoms. The normalized spacial score (nSPS) is 11.7. The Balaban J connectivity index is 1.45. The third kappa shape index (κ3) is 4.01. The first kappa shape index (κ1) is 19.7. The molecule has 32 heavy (non-hydrogen) atoms. The molecule has 0 amide bonds. The molecule has 0 aliphatic carbocycles. The zero-order valence-electron chi connectivity index (χ0n) is 16.5. The van der Waals surface area contributed by atoms with Crippen LogP contribution in [0, 0.1) is 0 Å². The van der Waals surface area contributed by atoms with Crippen LogP contribution in [-0.2, 0) is 16.1 Å². The molecule has 0 radical (unpaired) electrons. The molecule has 4 aromatic heterocycles. The van der Waals surface area contributed by atoms with E-state index in [-0.39, 0.29) is 12.3 Å². The predicted molar refractivity (Wildman–Crippen MR) is 116 cm³/mol. The first-order chi connectivity index (χ1) is 15.7. The van der Waals surface area contributed by atoms with Crippen LogP contribution in [0.2, 0.25) is 5.02 Å². The molecule has 0 unspecified atom stereocenters. The average molecular weight is 447 g/mol. The monoisotopic (exact) mass is 446 g/mol. The molecule has 0 N–H and O–H groups in total. The molecule has 9 nitrogen and oxygen atoms in total. The molecule has 5 aromatic rings. The van der Waals surface area contributed by atoms with E-state index in [1.54, 1.807) is 41.1 Å². The second kappa shape index (κ2) is 8.48. The number of esters is 1. The molecule has 0 bridgehead atoms. The van der Waals surface area contributed by atoms with E-state index in [9.17, 15) is 4.79 Å². The number of nitrogens with zero attached hydrogens (tertiary/aromatic N) is 6. The standard InChI is InChI=1S/C22H15ClN6O3/c23-16-8-9-20-24-17(13-28(20)12-16)14-32-22(30)19(11-18-7-4-10-31-18)29-21(25-26-27-29)15-5-2-1-3-6-15/h1-13H,14H2. The Morgan fingerprint density at radius 1 is 1.09 bits per heavy atom. The zero-order valence-corrected chi connectivity index (χ0v) is 17.3. The van der Waals surface area contributed by atoms with Crippen molar-refractivity contribution in [2.45, 2.75) is 6.61 Å². The van der Waals surface area contributed by atoms with Crippen LogP contribution in [0.5, 0.6) is 0 Å². The van der Waals surface area contributed by atoms with Crippen LogP contribution < -0.4 is 0 Å². The molecule has 0 saturated heterocycles. The van der Waals surface area contributed by atoms with Gasteiger partial charge in [-0.05, 0) is 34.7 Å². The summed E-state index contributed by atoms with van der Waals surface area (Å²) in [6.45, 7) is -0.0452. The van der Waals surface area contributed by atoms with Crippen LogP contribution in [-0.4, -0.2) is 35.6 Å². The third-order valence-electron chi connectivity index (χ3n) is 4.58. The quantitative estimate of drug-likeness (QED) is 0.287. The Morgan fingerprint density at radius 3 is 2.78 bits per heavy atom. The summed E-state index contributed by atoms with van der Waals surface area (Å²) >= 11 is 6.02. The van der Waals surface area contributed by atoms with Crippen molar-refractivity contribution in [3.63, 3.8) is 0 Å². The number of ether oxygens (including phenoxy) is 1. The maximum Gasteiger partial charge on any atom is 0.357 e. The lowest BCUT2D eigenvalue weighted by atomic mass is 10.2. The van der Waals surface area contributed by atoms with Gasteiger partial charge in [0.15, 0.2) is 11.5 Å². The van der Waals surface area contributed by atoms with E-state index in [0.717, 1.165) is 5.56 Å². The first-order valence-electron chi connectivity index (χ1n) is 9.57. The topological polar surface area (TPSA) is 100 Å². The number of benzene rings is 1. The number of rotatable bonds is 6. The van der Waals surface area contributed by atoms with Crippen molar-refractivity contribution < 1.29 is 13.9 Å². The molecular formula is C22H15ClN6O3. The summed E-state index contributed by atoms with van der Waals surface area (Å²) in [6.07, 6.45) is 6.50. The summed E-state index contributed by atoms with van der Waals surface area (Å²) in [4.78, 5) is 17.5. The molecule has 158 valence electrons. The Kier molecular flexibility index (Phi) is 5.22. The molecule has 4 heterocycles. The van der Waals surface area contributed by atoms with Crippen LogP contribution in [0.3, 0.4) is 0 Å². The Morgan fingerprint density at radius 2 is 1.97 bits per heavy atom. The highest BCUT2D eigenvalue weighted by Crippen LogP contribution is 2.22. The molecule has 0 aliphatic heterocycles. The van der Waals surface area contributed by atoms with Gasteiger partial charge < -0.3 is 13.6 Å². The van der Waals surface area contributed by atoms with Crippen LogP contribution in [0.15, 0.2) is 77.7 Å². The van der Waals surface area contributed by atoms with Gasteiger partial charge in [-0.25, -0.2) is 9.78 Å². The molecule has 5 rings (SSSR count). The second-order valence-corrected chi connectivity index (χ2v) is 7.18. The van der Waals surface area contributed by atoms with Crippen molar-refractivity contribution in [1.29, 1.82) is 0 Å². The number of fused-ring (bicyclic) bond motifs is 1. The number of halogens is 1. The third-order valence-corrected chi connectivity index (χ3v) is 4.80. The predicted octanol–water partition coefficient (Wildman–Crippen LogP) is 3.98. The van der Waals surface area contributed by atoms with Gasteiger partial charge in [0, 0.05) is 24.0 Å². The molecule has 0 spiro atoms. The molecule has 0 saturated carbocycles. The maximum absolute atomic E-state index is 13.1. The lowest BCUT2D eigenvalue weighted by molar-refractivity contribution is -0.138. The zero-order chi connectivity index (χ0) is 21.9. The summed E-state index contributed by atoms with van der Waals surface area (Å²) in [6, 6.07) is 16.2. The van der Waals surface area contributed by atoms with Gasteiger partial charge in [-0.3, -0.25) is 0 Å². The fraction of sp³-hybridized carbons (Fsp3) is 0.0455. The number of aromatic nitrogens is 6. The van der Waals surface area contributed by atoms with Crippen LogP contribution in [0.1, 0.15) is 11.5 Å². The number of hydrogen-bond donors (Lipinski definition) is 0. The van der Waals surface area contributed by atoms with Crippen molar-refractivity contribution in [2.75, 3.05) is 0 Å². The number of carbonyl (C=O) groups is 1. The van der Waals surface area contributed by atoms with Gasteiger partial charge in [-0.2, -0.15) is 4.68 Å². The average Bonchev–Trinajstić information content (AvgIpc) is 3.56. The fourth-order valence-electron chi connectivity index (χ4n) is 3.13. The highest BCUT2D eigenvalue weighted by molar-refractivity contribution is 6.30. The second-order valence-electron chi connectivity index (χ2n) is 6.75. The van der Waals surface area contributed by atoms with E-state index in [0.29, 0.717) is 27.9 Å². The fourth-order valence-corrected chi connectivity index (χ4v) is 3.30. The Hall–Kier alpha value is -4.24. The van der Waals surface area contributed by atoms with Crippen molar-refractivity contribution in [2.24, 2.45) is 0 Å². The van der Waals surface area contributed by atoms with Crippen molar-refractivity contribution in [3.8, 4) is 11.4 Å². The van der Waals surface area contributed by atoms with Gasteiger partial charge in [0.25, 0.3) is 0 Å². The van der Waals surface area contributed by atoms with Crippen LogP contribution >= 0.6 is 11.6 Å². The number of hydrogen-bond acceptors (Lipinski definition) is 7. The lowest BCUT2D eigenvalue weighted by Gasteiger charge is -2.09. The van der Waals surface area contributed by atoms with Crippen molar-refractivity contribution in [3.05, 3.63) is 89.7 Å². The Labute approximate surface area is 186 Å². The van der Waals surface area contributed by atoms with Gasteiger partial charge in [0.2, 0.25) is 0 Å². The van der Waals surface area contributed by atoms with Crippen molar-refractivity contribution >= 4 is 35.0 Å². The summed E-state index contributed by atoms with van der Waals surface area (Å²) in [7, 11) is 0. The van der Waals surface area contributed by atoms with Crippen molar-refractivity contribution in [1.82, 2.24) is 29.6 Å². The van der Waals surface area contributed by atoms with E-state index in [2.05, 4.69) is 20.5 Å². The van der Waals surface area contributed by atoms with E-state index in [1.807, 2.05) is 30.3 Å². The molecule has 0 aliphatic rings. The summed E-state index contributed by atoms with van der Waals surface area (Å²) in [5.74, 6) is 0.206. The minimum absolute atomic E-state index is 0.0452. The summed E-state index contributed by atoms with van der Waals surface area (Å²) in [5, 5.41) is 12.4. The highest BCUT2D eigenvalue weighted by atomic mass is 35.5. The highest BCUT2D eigenvalue weighted by Gasteiger charge is 2.21. The minimum Gasteiger partial charge on any atom is -0.465 e. The minimum atomic E-state index is -0.638.